The molecule has 0 unspecified atom stereocenters. The molecule has 8 nitrogen and oxygen atoms in total. The second kappa shape index (κ2) is 12.0. The zero-order valence-electron chi connectivity index (χ0n) is 24.5. The number of hydrazone groups is 1. The maximum Gasteiger partial charge on any atom is 0.264 e. The summed E-state index contributed by atoms with van der Waals surface area (Å²) in [6, 6.07) is 19.9. The Bertz CT molecular complexity index is 1700. The Morgan fingerprint density at radius 1 is 0.927 bits per heavy atom. The minimum atomic E-state index is -4.10. The lowest BCUT2D eigenvalue weighted by Gasteiger charge is -2.25. The minimum absolute atomic E-state index is 0.0712. The minimum Gasteiger partial charge on any atom is -0.495 e. The highest BCUT2D eigenvalue weighted by atomic mass is 32.2. The number of carbonyl (C=O) groups is 1. The second-order valence-electron chi connectivity index (χ2n) is 10.2. The van der Waals surface area contributed by atoms with Crippen molar-refractivity contribution in [1.29, 1.82) is 0 Å². The van der Waals surface area contributed by atoms with Gasteiger partial charge in [-0.2, -0.15) is 5.10 Å². The molecule has 1 amide bonds. The highest BCUT2D eigenvalue weighted by molar-refractivity contribution is 7.92. The Labute approximate surface area is 242 Å². The van der Waals surface area contributed by atoms with Gasteiger partial charge in [-0.15, -0.1) is 0 Å². The van der Waals surface area contributed by atoms with Crippen LogP contribution in [0.25, 0.3) is 5.69 Å². The zero-order chi connectivity index (χ0) is 29.9. The van der Waals surface area contributed by atoms with E-state index in [4.69, 9.17) is 4.74 Å². The fraction of sp³-hybridized carbons (Fsp3) is 0.250. The lowest BCUT2D eigenvalue weighted by molar-refractivity contribution is -0.119. The lowest BCUT2D eigenvalue weighted by Crippen LogP contribution is -2.39. The van der Waals surface area contributed by atoms with Gasteiger partial charge in [0, 0.05) is 17.0 Å². The van der Waals surface area contributed by atoms with Gasteiger partial charge in [0.1, 0.15) is 12.3 Å². The number of rotatable bonds is 9. The largest absolute Gasteiger partial charge is 0.495 e. The van der Waals surface area contributed by atoms with Gasteiger partial charge >= 0.3 is 0 Å². The first-order chi connectivity index (χ1) is 19.4. The average molecular weight is 573 g/mol. The number of nitrogens with zero attached hydrogens (tertiary/aromatic N) is 3. The number of ether oxygens (including phenoxy) is 1. The van der Waals surface area contributed by atoms with E-state index in [1.807, 2.05) is 45.9 Å². The van der Waals surface area contributed by atoms with Crippen LogP contribution < -0.4 is 14.5 Å². The van der Waals surface area contributed by atoms with Crippen LogP contribution >= 0.6 is 0 Å². The van der Waals surface area contributed by atoms with Crippen LogP contribution in [-0.4, -0.2) is 38.8 Å². The number of hydrogen-bond acceptors (Lipinski definition) is 5. The number of sulfonamides is 1. The third kappa shape index (κ3) is 6.20. The average Bonchev–Trinajstić information content (AvgIpc) is 3.20. The van der Waals surface area contributed by atoms with Crippen molar-refractivity contribution in [2.75, 3.05) is 18.0 Å². The monoisotopic (exact) mass is 572 g/mol. The quantitative estimate of drug-likeness (QED) is 0.206. The topological polar surface area (TPSA) is 93.0 Å². The number of methoxy groups -OCH3 is 1. The summed E-state index contributed by atoms with van der Waals surface area (Å²) >= 11 is 0. The van der Waals surface area contributed by atoms with Crippen molar-refractivity contribution in [1.82, 2.24) is 9.99 Å². The molecule has 3 aromatic carbocycles. The summed E-state index contributed by atoms with van der Waals surface area (Å²) < 4.78 is 36.2. The van der Waals surface area contributed by atoms with Crippen molar-refractivity contribution in [3.05, 3.63) is 106 Å². The molecule has 0 radical (unpaired) electrons. The SMILES string of the molecule is COc1ccc(C)cc1N(CC(=O)N/N=C\c1cc(C)n(-c2c(C)cccc2C)c1C)S(=O)(=O)c1ccc(C)cc1. The van der Waals surface area contributed by atoms with Crippen molar-refractivity contribution in [2.24, 2.45) is 5.10 Å². The number of para-hydroxylation sites is 1. The normalized spacial score (nSPS) is 11.6. The molecule has 4 aromatic rings. The smallest absolute Gasteiger partial charge is 0.264 e. The Balaban J connectivity index is 1.62. The number of aromatic nitrogens is 1. The van der Waals surface area contributed by atoms with Gasteiger partial charge < -0.3 is 9.30 Å². The van der Waals surface area contributed by atoms with E-state index in [-0.39, 0.29) is 10.6 Å². The molecule has 0 aliphatic carbocycles. The number of anilines is 1. The molecule has 0 spiro atoms. The maximum atomic E-state index is 13.8. The van der Waals surface area contributed by atoms with E-state index in [2.05, 4.69) is 41.1 Å². The first-order valence-corrected chi connectivity index (χ1v) is 14.7. The van der Waals surface area contributed by atoms with E-state index in [0.29, 0.717) is 5.75 Å². The summed E-state index contributed by atoms with van der Waals surface area (Å²) in [6.45, 7) is 11.4. The van der Waals surface area contributed by atoms with Crippen molar-refractivity contribution in [3.63, 3.8) is 0 Å². The van der Waals surface area contributed by atoms with E-state index in [9.17, 15) is 13.2 Å². The van der Waals surface area contributed by atoms with Gasteiger partial charge in [0.15, 0.2) is 0 Å². The Morgan fingerprint density at radius 2 is 1.56 bits per heavy atom. The van der Waals surface area contributed by atoms with E-state index >= 15 is 0 Å². The first-order valence-electron chi connectivity index (χ1n) is 13.3. The molecule has 214 valence electrons. The Morgan fingerprint density at radius 3 is 2.20 bits per heavy atom. The molecular formula is C32H36N4O4S. The summed E-state index contributed by atoms with van der Waals surface area (Å²) in [4.78, 5) is 13.2. The molecule has 0 aliphatic heterocycles. The highest BCUT2D eigenvalue weighted by Crippen LogP contribution is 2.33. The summed E-state index contributed by atoms with van der Waals surface area (Å²) in [5, 5.41) is 4.18. The van der Waals surface area contributed by atoms with Gasteiger partial charge in [-0.1, -0.05) is 42.0 Å². The molecule has 0 fully saturated rings. The molecule has 1 aromatic heterocycles. The van der Waals surface area contributed by atoms with Gasteiger partial charge in [0.05, 0.1) is 29.6 Å². The lowest BCUT2D eigenvalue weighted by atomic mass is 10.1. The molecule has 4 rings (SSSR count). The first kappa shape index (κ1) is 29.6. The number of nitrogens with one attached hydrogen (secondary N) is 1. The maximum absolute atomic E-state index is 13.8. The summed E-state index contributed by atoms with van der Waals surface area (Å²) in [6.07, 6.45) is 1.58. The molecule has 0 saturated heterocycles. The molecule has 1 N–H and O–H groups in total. The van der Waals surface area contributed by atoms with Crippen LogP contribution in [-0.2, 0) is 14.8 Å². The highest BCUT2D eigenvalue weighted by Gasteiger charge is 2.29. The van der Waals surface area contributed by atoms with E-state index < -0.39 is 22.5 Å². The Kier molecular flexibility index (Phi) is 8.68. The molecule has 1 heterocycles. The van der Waals surface area contributed by atoms with Crippen molar-refractivity contribution in [2.45, 2.75) is 46.4 Å². The number of benzene rings is 3. The number of amides is 1. The number of hydrogen-bond donors (Lipinski definition) is 1. The molecule has 41 heavy (non-hydrogen) atoms. The van der Waals surface area contributed by atoms with Crippen molar-refractivity contribution >= 4 is 27.8 Å². The van der Waals surface area contributed by atoms with Crippen LogP contribution in [0.2, 0.25) is 0 Å². The van der Waals surface area contributed by atoms with Crippen LogP contribution in [0.4, 0.5) is 5.69 Å². The van der Waals surface area contributed by atoms with Crippen LogP contribution in [0.15, 0.2) is 76.7 Å². The summed E-state index contributed by atoms with van der Waals surface area (Å²) in [5.74, 6) is -0.259. The van der Waals surface area contributed by atoms with Gasteiger partial charge in [-0.3, -0.25) is 9.10 Å². The van der Waals surface area contributed by atoms with E-state index in [1.165, 1.54) is 19.2 Å². The van der Waals surface area contributed by atoms with Gasteiger partial charge in [-0.05, 0) is 88.6 Å². The summed E-state index contributed by atoms with van der Waals surface area (Å²) in [5.41, 5.74) is 10.8. The standard InChI is InChI=1S/C32H36N4O4S/c1-21-11-14-28(15-12-21)41(38,39)35(29-17-22(2)13-16-30(29)40-7)20-31(37)34-33-19-27-18-25(5)36(26(27)6)32-23(3)9-8-10-24(32)4/h8-19H,20H2,1-7H3,(H,34,37)/b33-19-. The second-order valence-corrected chi connectivity index (χ2v) is 12.1. The van der Waals surface area contributed by atoms with Crippen molar-refractivity contribution in [3.8, 4) is 11.4 Å². The fourth-order valence-corrected chi connectivity index (χ4v) is 6.32. The molecular weight excluding hydrogens is 536 g/mol. The van der Waals surface area contributed by atoms with Crippen LogP contribution in [0.5, 0.6) is 5.75 Å². The van der Waals surface area contributed by atoms with Gasteiger partial charge in [-0.25, -0.2) is 13.8 Å². The van der Waals surface area contributed by atoms with E-state index in [1.54, 1.807) is 30.5 Å². The predicted octanol–water partition coefficient (Wildman–Crippen LogP) is 5.68. The summed E-state index contributed by atoms with van der Waals surface area (Å²) in [7, 11) is -2.64. The van der Waals surface area contributed by atoms with Gasteiger partial charge in [0.2, 0.25) is 0 Å². The molecule has 0 atom stereocenters. The molecule has 9 heteroatoms. The Hall–Kier alpha value is -4.37. The van der Waals surface area contributed by atoms with Crippen molar-refractivity contribution < 1.29 is 17.9 Å². The zero-order valence-corrected chi connectivity index (χ0v) is 25.3. The number of aryl methyl sites for hydroxylation is 5. The molecule has 0 saturated carbocycles. The third-order valence-corrected chi connectivity index (χ3v) is 8.80. The third-order valence-electron chi connectivity index (χ3n) is 7.03. The van der Waals surface area contributed by atoms with Crippen LogP contribution in [0.3, 0.4) is 0 Å². The number of carbonyl (C=O) groups excluding carboxylic acids is 1. The fourth-order valence-electron chi connectivity index (χ4n) is 4.89. The molecule has 0 aliphatic rings. The predicted molar refractivity (Wildman–Crippen MR) is 164 cm³/mol. The van der Waals surface area contributed by atoms with Gasteiger partial charge in [0.25, 0.3) is 15.9 Å². The van der Waals surface area contributed by atoms with Crippen LogP contribution in [0, 0.1) is 41.5 Å². The molecule has 0 bridgehead atoms. The van der Waals surface area contributed by atoms with Crippen LogP contribution in [0.1, 0.15) is 39.2 Å². The van der Waals surface area contributed by atoms with E-state index in [0.717, 1.165) is 49.2 Å².